The maximum absolute atomic E-state index is 12.2. The number of hydrogen-bond acceptors (Lipinski definition) is 1. The fraction of sp³-hybridized carbons (Fsp3) is 0.684. The molecule has 22 heavy (non-hydrogen) atoms. The van der Waals surface area contributed by atoms with Gasteiger partial charge in [-0.15, -0.1) is 0 Å². The summed E-state index contributed by atoms with van der Waals surface area (Å²) in [6.45, 7) is -2.74. The molecule has 0 spiro atoms. The molecule has 2 fully saturated rings. The minimum absolute atomic E-state index is 0.259. The van der Waals surface area contributed by atoms with Crippen molar-refractivity contribution in [3.05, 3.63) is 29.8 Å². The lowest BCUT2D eigenvalue weighted by Crippen LogP contribution is -2.23. The molecule has 3 heteroatoms. The molecule has 0 unspecified atom stereocenters. The minimum Gasteiger partial charge on any atom is -0.435 e. The zero-order chi connectivity index (χ0) is 15.4. The van der Waals surface area contributed by atoms with Crippen LogP contribution in [0, 0.1) is 11.8 Å². The lowest BCUT2D eigenvalue weighted by Gasteiger charge is -2.36. The van der Waals surface area contributed by atoms with E-state index in [-0.39, 0.29) is 5.75 Å². The Balaban J connectivity index is 1.52. The van der Waals surface area contributed by atoms with Crippen molar-refractivity contribution >= 4 is 0 Å². The molecular weight excluding hydrogens is 282 g/mol. The van der Waals surface area contributed by atoms with Crippen LogP contribution in [-0.4, -0.2) is 6.61 Å². The van der Waals surface area contributed by atoms with E-state index in [9.17, 15) is 8.78 Å². The first-order valence-corrected chi connectivity index (χ1v) is 8.77. The monoisotopic (exact) mass is 308 g/mol. The Bertz CT molecular complexity index is 443. The molecule has 0 bridgehead atoms. The van der Waals surface area contributed by atoms with E-state index in [0.717, 1.165) is 11.8 Å². The van der Waals surface area contributed by atoms with Crippen molar-refractivity contribution in [3.63, 3.8) is 0 Å². The van der Waals surface area contributed by atoms with Crippen LogP contribution in [-0.2, 0) is 0 Å². The average molecular weight is 308 g/mol. The van der Waals surface area contributed by atoms with Gasteiger partial charge in [-0.25, -0.2) is 0 Å². The van der Waals surface area contributed by atoms with Crippen molar-refractivity contribution in [2.75, 3.05) is 0 Å². The molecule has 3 rings (SSSR count). The zero-order valence-electron chi connectivity index (χ0n) is 13.1. The van der Waals surface area contributed by atoms with Gasteiger partial charge in [-0.1, -0.05) is 44.2 Å². The van der Waals surface area contributed by atoms with E-state index < -0.39 is 6.61 Å². The third kappa shape index (κ3) is 3.99. The van der Waals surface area contributed by atoms with Crippen LogP contribution < -0.4 is 4.74 Å². The fourth-order valence-electron chi connectivity index (χ4n) is 4.45. The number of hydrogen-bond donors (Lipinski definition) is 0. The van der Waals surface area contributed by atoms with Gasteiger partial charge in [0.25, 0.3) is 0 Å². The summed E-state index contributed by atoms with van der Waals surface area (Å²) in [5, 5.41) is 0. The first kappa shape index (κ1) is 15.8. The van der Waals surface area contributed by atoms with Gasteiger partial charge in [0.15, 0.2) is 0 Å². The molecule has 0 atom stereocenters. The summed E-state index contributed by atoms with van der Waals surface area (Å²) >= 11 is 0. The normalized spacial score (nSPS) is 27.0. The van der Waals surface area contributed by atoms with Gasteiger partial charge in [0, 0.05) is 0 Å². The van der Waals surface area contributed by atoms with E-state index in [2.05, 4.69) is 4.74 Å². The van der Waals surface area contributed by atoms with Crippen molar-refractivity contribution in [1.82, 2.24) is 0 Å². The van der Waals surface area contributed by atoms with Crippen molar-refractivity contribution in [3.8, 4) is 5.75 Å². The molecule has 0 N–H and O–H groups in total. The first-order valence-electron chi connectivity index (χ1n) is 8.77. The largest absolute Gasteiger partial charge is 0.435 e. The Kier molecular flexibility index (Phi) is 5.32. The van der Waals surface area contributed by atoms with Crippen molar-refractivity contribution < 1.29 is 13.5 Å². The van der Waals surface area contributed by atoms with Gasteiger partial charge in [0.2, 0.25) is 0 Å². The van der Waals surface area contributed by atoms with E-state index in [1.54, 1.807) is 12.1 Å². The van der Waals surface area contributed by atoms with Gasteiger partial charge in [0.1, 0.15) is 5.75 Å². The second kappa shape index (κ2) is 7.43. The SMILES string of the molecule is FC(F)Oc1ccc(C2CCC(C3CCCCC3)CC2)cc1. The number of rotatable bonds is 4. The molecule has 122 valence electrons. The number of ether oxygens (including phenoxy) is 1. The molecule has 2 saturated carbocycles. The van der Waals surface area contributed by atoms with E-state index in [4.69, 9.17) is 0 Å². The summed E-state index contributed by atoms with van der Waals surface area (Å²) in [7, 11) is 0. The highest BCUT2D eigenvalue weighted by Crippen LogP contribution is 2.43. The van der Waals surface area contributed by atoms with Crippen LogP contribution in [0.1, 0.15) is 69.3 Å². The third-order valence-corrected chi connectivity index (χ3v) is 5.67. The van der Waals surface area contributed by atoms with Crippen LogP contribution in [0.3, 0.4) is 0 Å². The third-order valence-electron chi connectivity index (χ3n) is 5.67. The van der Waals surface area contributed by atoms with Gasteiger partial charge in [-0.2, -0.15) is 8.78 Å². The maximum atomic E-state index is 12.2. The topological polar surface area (TPSA) is 9.23 Å². The standard InChI is InChI=1S/C19H26F2O/c20-19(21)22-18-12-10-17(11-13-18)16-8-6-15(7-9-16)14-4-2-1-3-5-14/h10-16,19H,1-9H2. The van der Waals surface area contributed by atoms with Crippen LogP contribution in [0.5, 0.6) is 5.75 Å². The maximum Gasteiger partial charge on any atom is 0.387 e. The van der Waals surface area contributed by atoms with Gasteiger partial charge < -0.3 is 4.74 Å². The summed E-state index contributed by atoms with van der Waals surface area (Å²) in [5.41, 5.74) is 1.28. The second-order valence-electron chi connectivity index (χ2n) is 6.96. The molecular formula is C19H26F2O. The van der Waals surface area contributed by atoms with E-state index in [0.29, 0.717) is 5.92 Å². The molecule has 0 aliphatic heterocycles. The Hall–Kier alpha value is -1.12. The van der Waals surface area contributed by atoms with Crippen LogP contribution in [0.4, 0.5) is 8.78 Å². The molecule has 0 saturated heterocycles. The lowest BCUT2D eigenvalue weighted by atomic mass is 9.70. The quantitative estimate of drug-likeness (QED) is 0.649. The number of alkyl halides is 2. The Morgan fingerprint density at radius 1 is 0.773 bits per heavy atom. The van der Waals surface area contributed by atoms with Crippen LogP contribution in [0.15, 0.2) is 24.3 Å². The number of benzene rings is 1. The molecule has 0 aromatic heterocycles. The molecule has 2 aliphatic carbocycles. The predicted molar refractivity (Wildman–Crippen MR) is 84.3 cm³/mol. The summed E-state index contributed by atoms with van der Waals surface area (Å²) in [6.07, 6.45) is 12.3. The minimum atomic E-state index is -2.74. The molecule has 0 heterocycles. The Morgan fingerprint density at radius 3 is 1.95 bits per heavy atom. The summed E-state index contributed by atoms with van der Waals surface area (Å²) in [6, 6.07) is 7.27. The van der Waals surface area contributed by atoms with Crippen molar-refractivity contribution in [2.45, 2.75) is 70.3 Å². The molecule has 2 aliphatic rings. The van der Waals surface area contributed by atoms with Gasteiger partial charge in [-0.3, -0.25) is 0 Å². The second-order valence-corrected chi connectivity index (χ2v) is 6.96. The molecule has 1 aromatic rings. The molecule has 0 radical (unpaired) electrons. The van der Waals surface area contributed by atoms with Crippen molar-refractivity contribution in [2.24, 2.45) is 11.8 Å². The average Bonchev–Trinajstić information content (AvgIpc) is 2.56. The molecule has 1 aromatic carbocycles. The van der Waals surface area contributed by atoms with Crippen LogP contribution >= 0.6 is 0 Å². The first-order chi connectivity index (χ1) is 10.7. The highest BCUT2D eigenvalue weighted by Gasteiger charge is 2.29. The highest BCUT2D eigenvalue weighted by molar-refractivity contribution is 5.29. The van der Waals surface area contributed by atoms with Gasteiger partial charge in [-0.05, 0) is 61.1 Å². The highest BCUT2D eigenvalue weighted by atomic mass is 19.3. The predicted octanol–water partition coefficient (Wildman–Crippen LogP) is 6.14. The van der Waals surface area contributed by atoms with Crippen molar-refractivity contribution in [1.29, 1.82) is 0 Å². The fourth-order valence-corrected chi connectivity index (χ4v) is 4.45. The van der Waals surface area contributed by atoms with Gasteiger partial charge >= 0.3 is 6.61 Å². The Labute approximate surface area is 132 Å². The van der Waals surface area contributed by atoms with Crippen LogP contribution in [0.2, 0.25) is 0 Å². The van der Waals surface area contributed by atoms with E-state index >= 15 is 0 Å². The summed E-state index contributed by atoms with van der Waals surface area (Å²) in [4.78, 5) is 0. The van der Waals surface area contributed by atoms with Gasteiger partial charge in [0.05, 0.1) is 0 Å². The number of halogens is 2. The molecule has 0 amide bonds. The molecule has 1 nitrogen and oxygen atoms in total. The van der Waals surface area contributed by atoms with E-state index in [1.807, 2.05) is 12.1 Å². The zero-order valence-corrected chi connectivity index (χ0v) is 13.1. The summed E-state index contributed by atoms with van der Waals surface area (Å²) < 4.78 is 28.8. The smallest absolute Gasteiger partial charge is 0.387 e. The van der Waals surface area contributed by atoms with E-state index in [1.165, 1.54) is 63.4 Å². The Morgan fingerprint density at radius 2 is 1.36 bits per heavy atom. The lowest BCUT2D eigenvalue weighted by molar-refractivity contribution is -0.0498. The van der Waals surface area contributed by atoms with Crippen LogP contribution in [0.25, 0.3) is 0 Å². The summed E-state index contributed by atoms with van der Waals surface area (Å²) in [5.74, 6) is 2.75.